The molecule has 1 saturated heterocycles. The number of carbonyl (C=O) groups excluding carboxylic acids is 1. The van der Waals surface area contributed by atoms with Crippen LogP contribution in [0.1, 0.15) is 41.9 Å². The van der Waals surface area contributed by atoms with Gasteiger partial charge in [-0.15, -0.1) is 0 Å². The van der Waals surface area contributed by atoms with Crippen molar-refractivity contribution in [3.63, 3.8) is 0 Å². The van der Waals surface area contributed by atoms with Crippen LogP contribution < -0.4 is 5.32 Å². The van der Waals surface area contributed by atoms with Crippen molar-refractivity contribution in [2.75, 3.05) is 13.2 Å². The first kappa shape index (κ1) is 15.9. The van der Waals surface area contributed by atoms with Gasteiger partial charge in [-0.2, -0.15) is 5.10 Å². The smallest absolute Gasteiger partial charge is 0.220 e. The first-order valence-corrected chi connectivity index (χ1v) is 8.25. The Labute approximate surface area is 136 Å². The van der Waals surface area contributed by atoms with Crippen molar-refractivity contribution in [1.82, 2.24) is 19.9 Å². The summed E-state index contributed by atoms with van der Waals surface area (Å²) in [6.45, 7) is 7.42. The Bertz CT molecular complexity index is 717. The molecule has 6 nitrogen and oxygen atoms in total. The van der Waals surface area contributed by atoms with E-state index in [1.807, 2.05) is 31.4 Å². The molecule has 3 heterocycles. The van der Waals surface area contributed by atoms with Gasteiger partial charge < -0.3 is 10.1 Å². The minimum absolute atomic E-state index is 0.0658. The minimum Gasteiger partial charge on any atom is -0.376 e. The van der Waals surface area contributed by atoms with E-state index in [9.17, 15) is 4.79 Å². The maximum absolute atomic E-state index is 12.1. The van der Waals surface area contributed by atoms with Gasteiger partial charge in [0.1, 0.15) is 0 Å². The van der Waals surface area contributed by atoms with E-state index in [0.717, 1.165) is 47.7 Å². The van der Waals surface area contributed by atoms with Crippen molar-refractivity contribution < 1.29 is 9.53 Å². The topological polar surface area (TPSA) is 68.5 Å². The highest BCUT2D eigenvalue weighted by Crippen LogP contribution is 2.17. The predicted molar refractivity (Wildman–Crippen MR) is 87.5 cm³/mol. The van der Waals surface area contributed by atoms with Crippen LogP contribution in [-0.4, -0.2) is 39.8 Å². The van der Waals surface area contributed by atoms with E-state index in [1.165, 1.54) is 0 Å². The molecule has 0 spiro atoms. The fourth-order valence-electron chi connectivity index (χ4n) is 3.16. The molecule has 1 amide bonds. The number of amides is 1. The largest absolute Gasteiger partial charge is 0.376 e. The summed E-state index contributed by atoms with van der Waals surface area (Å²) in [6, 6.07) is 1.97. The molecule has 0 radical (unpaired) electrons. The Morgan fingerprint density at radius 2 is 2.26 bits per heavy atom. The number of hydrogen-bond donors (Lipinski definition) is 1. The maximum atomic E-state index is 12.1. The van der Waals surface area contributed by atoms with Crippen molar-refractivity contribution in [2.45, 2.75) is 52.6 Å². The third kappa shape index (κ3) is 3.52. The van der Waals surface area contributed by atoms with Crippen LogP contribution >= 0.6 is 0 Å². The van der Waals surface area contributed by atoms with Gasteiger partial charge in [0.05, 0.1) is 11.8 Å². The van der Waals surface area contributed by atoms with Crippen LogP contribution in [0.4, 0.5) is 0 Å². The van der Waals surface area contributed by atoms with Gasteiger partial charge in [0.25, 0.3) is 0 Å². The number of aryl methyl sites for hydroxylation is 3. The van der Waals surface area contributed by atoms with E-state index in [1.54, 1.807) is 0 Å². The van der Waals surface area contributed by atoms with Gasteiger partial charge in [-0.25, -0.2) is 9.50 Å². The molecule has 2 aromatic heterocycles. The molecule has 124 valence electrons. The van der Waals surface area contributed by atoms with Crippen LogP contribution in [0.3, 0.4) is 0 Å². The highest BCUT2D eigenvalue weighted by atomic mass is 16.5. The number of rotatable bonds is 5. The van der Waals surface area contributed by atoms with Crippen molar-refractivity contribution in [3.8, 4) is 0 Å². The second-order valence-electron chi connectivity index (χ2n) is 6.26. The van der Waals surface area contributed by atoms with Crippen LogP contribution in [0.25, 0.3) is 5.65 Å². The van der Waals surface area contributed by atoms with E-state index in [-0.39, 0.29) is 12.0 Å². The number of carbonyl (C=O) groups is 1. The molecule has 1 aliphatic heterocycles. The first-order valence-electron chi connectivity index (χ1n) is 8.25. The van der Waals surface area contributed by atoms with E-state index in [4.69, 9.17) is 4.74 Å². The zero-order chi connectivity index (χ0) is 16.4. The SMILES string of the molecule is Cc1cc2nc(C)c(CCC(=O)NC[C@@H]3CCCO3)c(C)n2n1. The van der Waals surface area contributed by atoms with Gasteiger partial charge in [-0.3, -0.25) is 4.79 Å². The molecule has 1 atom stereocenters. The Morgan fingerprint density at radius 3 is 3.00 bits per heavy atom. The molecule has 1 fully saturated rings. The summed E-state index contributed by atoms with van der Waals surface area (Å²) >= 11 is 0. The van der Waals surface area contributed by atoms with Crippen molar-refractivity contribution in [3.05, 3.63) is 28.7 Å². The first-order chi connectivity index (χ1) is 11.0. The van der Waals surface area contributed by atoms with Crippen LogP contribution in [0.5, 0.6) is 0 Å². The van der Waals surface area contributed by atoms with E-state index >= 15 is 0 Å². The molecule has 1 N–H and O–H groups in total. The molecule has 23 heavy (non-hydrogen) atoms. The third-order valence-electron chi connectivity index (χ3n) is 4.44. The summed E-state index contributed by atoms with van der Waals surface area (Å²) in [4.78, 5) is 16.6. The number of fused-ring (bicyclic) bond motifs is 1. The predicted octanol–water partition coefficient (Wildman–Crippen LogP) is 1.88. The molecule has 1 aliphatic rings. The number of nitrogens with one attached hydrogen (secondary N) is 1. The summed E-state index contributed by atoms with van der Waals surface area (Å²) in [6.07, 6.45) is 3.46. The molecular weight excluding hydrogens is 292 g/mol. The average molecular weight is 316 g/mol. The summed E-state index contributed by atoms with van der Waals surface area (Å²) < 4.78 is 7.38. The van der Waals surface area contributed by atoms with Gasteiger partial charge in [0.15, 0.2) is 5.65 Å². The third-order valence-corrected chi connectivity index (χ3v) is 4.44. The van der Waals surface area contributed by atoms with Gasteiger partial charge >= 0.3 is 0 Å². The Balaban J connectivity index is 1.63. The number of aromatic nitrogens is 3. The molecule has 2 aromatic rings. The normalized spacial score (nSPS) is 17.8. The highest BCUT2D eigenvalue weighted by Gasteiger charge is 2.17. The van der Waals surface area contributed by atoms with Gasteiger partial charge in [0, 0.05) is 37.0 Å². The fraction of sp³-hybridized carbons (Fsp3) is 0.588. The van der Waals surface area contributed by atoms with Gasteiger partial charge in [-0.1, -0.05) is 0 Å². The summed E-state index contributed by atoms with van der Waals surface area (Å²) in [5.74, 6) is 0.0658. The van der Waals surface area contributed by atoms with Crippen LogP contribution in [0, 0.1) is 20.8 Å². The molecule has 0 saturated carbocycles. The fourth-order valence-corrected chi connectivity index (χ4v) is 3.16. The summed E-state index contributed by atoms with van der Waals surface area (Å²) in [5.41, 5.74) is 4.96. The van der Waals surface area contributed by atoms with E-state index < -0.39 is 0 Å². The molecule has 0 unspecified atom stereocenters. The second-order valence-corrected chi connectivity index (χ2v) is 6.26. The second kappa shape index (κ2) is 6.66. The Hall–Kier alpha value is -1.95. The van der Waals surface area contributed by atoms with Crippen LogP contribution in [0.2, 0.25) is 0 Å². The maximum Gasteiger partial charge on any atom is 0.220 e. The number of nitrogens with zero attached hydrogens (tertiary/aromatic N) is 3. The van der Waals surface area contributed by atoms with Crippen LogP contribution in [-0.2, 0) is 16.0 Å². The quantitative estimate of drug-likeness (QED) is 0.914. The molecule has 3 rings (SSSR count). The van der Waals surface area contributed by atoms with Crippen molar-refractivity contribution in [1.29, 1.82) is 0 Å². The number of hydrogen-bond acceptors (Lipinski definition) is 4. The van der Waals surface area contributed by atoms with Crippen molar-refractivity contribution >= 4 is 11.6 Å². The summed E-state index contributed by atoms with van der Waals surface area (Å²) in [5, 5.41) is 7.44. The zero-order valence-electron chi connectivity index (χ0n) is 14.1. The zero-order valence-corrected chi connectivity index (χ0v) is 14.1. The number of ether oxygens (including phenoxy) is 1. The molecular formula is C17H24N4O2. The van der Waals surface area contributed by atoms with E-state index in [0.29, 0.717) is 19.4 Å². The monoisotopic (exact) mass is 316 g/mol. The molecule has 6 heteroatoms. The lowest BCUT2D eigenvalue weighted by atomic mass is 10.1. The molecule has 0 aromatic carbocycles. The van der Waals surface area contributed by atoms with Crippen LogP contribution in [0.15, 0.2) is 6.07 Å². The lowest BCUT2D eigenvalue weighted by molar-refractivity contribution is -0.121. The summed E-state index contributed by atoms with van der Waals surface area (Å²) in [7, 11) is 0. The van der Waals surface area contributed by atoms with E-state index in [2.05, 4.69) is 15.4 Å². The standard InChI is InChI=1S/C17H24N4O2/c1-11-9-16-19-12(2)15(13(3)21(16)20-11)6-7-17(22)18-10-14-5-4-8-23-14/h9,14H,4-8,10H2,1-3H3,(H,18,22)/t14-/m0/s1. The lowest BCUT2D eigenvalue weighted by Crippen LogP contribution is -2.32. The average Bonchev–Trinajstić information content (AvgIpc) is 3.14. The Kier molecular flexibility index (Phi) is 4.61. The van der Waals surface area contributed by atoms with Gasteiger partial charge in [-0.05, 0) is 45.6 Å². The molecule has 0 aliphatic carbocycles. The highest BCUT2D eigenvalue weighted by molar-refractivity contribution is 5.76. The lowest BCUT2D eigenvalue weighted by Gasteiger charge is -2.13. The van der Waals surface area contributed by atoms with Gasteiger partial charge in [0.2, 0.25) is 5.91 Å². The molecule has 0 bridgehead atoms. The Morgan fingerprint density at radius 1 is 1.43 bits per heavy atom. The van der Waals surface area contributed by atoms with Crippen molar-refractivity contribution in [2.24, 2.45) is 0 Å². The minimum atomic E-state index is 0.0658.